The Kier molecular flexibility index (Phi) is 26.5. The molecule has 200 valence electrons. The van der Waals surface area contributed by atoms with Crippen molar-refractivity contribution in [2.24, 2.45) is 0 Å². The van der Waals surface area contributed by atoms with Crippen molar-refractivity contribution in [2.75, 3.05) is 85.8 Å². The van der Waals surface area contributed by atoms with Crippen LogP contribution >= 0.6 is 12.6 Å². The maximum absolute atomic E-state index is 11.7. The van der Waals surface area contributed by atoms with Crippen molar-refractivity contribution in [2.45, 2.75) is 43.5 Å². The van der Waals surface area contributed by atoms with Crippen LogP contribution in [0.15, 0.2) is 0 Å². The van der Waals surface area contributed by atoms with Crippen LogP contribution in [0.2, 0.25) is 0 Å². The van der Waals surface area contributed by atoms with Gasteiger partial charge in [-0.3, -0.25) is 4.79 Å². The molecule has 1 rings (SSSR count). The monoisotopic (exact) mass is 549 g/mol. The molecule has 11 nitrogen and oxygen atoms in total. The van der Waals surface area contributed by atoms with Crippen LogP contribution in [0.1, 0.15) is 32.1 Å². The third-order valence-electron chi connectivity index (χ3n) is 4.72. The summed E-state index contributed by atoms with van der Waals surface area (Å²) in [6, 6.07) is 0. The smallest absolute Gasteiger partial charge is 0.854 e. The topological polar surface area (TPSA) is 134 Å². The molecule has 0 spiro atoms. The van der Waals surface area contributed by atoms with Crippen LogP contribution in [0.4, 0.5) is 4.79 Å². The summed E-state index contributed by atoms with van der Waals surface area (Å²) in [6.45, 7) is 4.21. The molecular formula is C22H40KNO10S. The van der Waals surface area contributed by atoms with Gasteiger partial charge in [0.25, 0.3) is 0 Å². The molecule has 0 aromatic carbocycles. The number of carbonyl (C=O) groups excluding carboxylic acids is 2. The summed E-state index contributed by atoms with van der Waals surface area (Å²) in [6.07, 6.45) is 3.18. The van der Waals surface area contributed by atoms with E-state index in [9.17, 15) is 14.7 Å². The largest absolute Gasteiger partial charge is 1.00 e. The number of esters is 1. The summed E-state index contributed by atoms with van der Waals surface area (Å²) >= 11 is 4.43. The molecule has 0 unspecified atom stereocenters. The average Bonchev–Trinajstić information content (AvgIpc) is 2.82. The number of alkyl carbamates (subject to hydrolysis) is 1. The minimum absolute atomic E-state index is 0. The Balaban J connectivity index is 0.0000116. The van der Waals surface area contributed by atoms with E-state index < -0.39 is 18.7 Å². The number of carbonyl (C=O) groups is 2. The van der Waals surface area contributed by atoms with Gasteiger partial charge in [0.2, 0.25) is 0 Å². The molecule has 0 saturated heterocycles. The number of rotatable bonds is 21. The van der Waals surface area contributed by atoms with Crippen molar-refractivity contribution in [3.8, 4) is 0 Å². The van der Waals surface area contributed by atoms with Gasteiger partial charge in [0, 0.05) is 18.2 Å². The Morgan fingerprint density at radius 1 is 0.743 bits per heavy atom. The number of nitrogens with one attached hydrogen (secondary N) is 1. The molecule has 1 saturated carbocycles. The molecule has 0 radical (unpaired) electrons. The van der Waals surface area contributed by atoms with E-state index in [-0.39, 0.29) is 77.1 Å². The van der Waals surface area contributed by atoms with Crippen molar-refractivity contribution in [1.82, 2.24) is 5.32 Å². The fourth-order valence-electron chi connectivity index (χ4n) is 2.93. The van der Waals surface area contributed by atoms with E-state index >= 15 is 0 Å². The molecule has 13 heteroatoms. The maximum atomic E-state index is 11.7. The second kappa shape index (κ2) is 26.1. The molecule has 1 aliphatic carbocycles. The molecule has 0 aromatic rings. The third kappa shape index (κ3) is 23.3. The van der Waals surface area contributed by atoms with E-state index in [0.29, 0.717) is 71.3 Å². The number of hydrogen-bond acceptors (Lipinski definition) is 11. The van der Waals surface area contributed by atoms with Gasteiger partial charge in [-0.05, 0) is 25.7 Å². The van der Waals surface area contributed by atoms with Gasteiger partial charge in [-0.25, -0.2) is 4.79 Å². The zero-order valence-corrected chi connectivity index (χ0v) is 24.9. The van der Waals surface area contributed by atoms with Gasteiger partial charge in [-0.15, -0.1) is 6.61 Å². The summed E-state index contributed by atoms with van der Waals surface area (Å²) in [5.41, 5.74) is 0. The minimum Gasteiger partial charge on any atom is -0.854 e. The zero-order valence-electron chi connectivity index (χ0n) is 20.9. The first-order valence-corrected chi connectivity index (χ1v) is 12.4. The number of hydrogen-bond donors (Lipinski definition) is 2. The first-order chi connectivity index (χ1) is 16.6. The summed E-state index contributed by atoms with van der Waals surface area (Å²) in [5, 5.41) is 13.3. The normalized spacial score (nSPS) is 17.4. The Morgan fingerprint density at radius 2 is 1.20 bits per heavy atom. The van der Waals surface area contributed by atoms with Crippen molar-refractivity contribution in [1.29, 1.82) is 0 Å². The van der Waals surface area contributed by atoms with Gasteiger partial charge in [-0.2, -0.15) is 12.6 Å². The van der Waals surface area contributed by atoms with Gasteiger partial charge < -0.3 is 43.6 Å². The quantitative estimate of drug-likeness (QED) is 0.0676. The fourth-order valence-corrected chi connectivity index (χ4v) is 3.23. The van der Waals surface area contributed by atoms with Crippen LogP contribution in [0.25, 0.3) is 0 Å². The fraction of sp³-hybridized carbons (Fsp3) is 0.909. The molecule has 0 heterocycles. The average molecular weight is 550 g/mol. The summed E-state index contributed by atoms with van der Waals surface area (Å²) < 4.78 is 36.9. The minimum atomic E-state index is -0.503. The Hall–Kier alpha value is 0.486. The molecule has 1 N–H and O–H groups in total. The first kappa shape index (κ1) is 35.5. The second-order valence-corrected chi connectivity index (χ2v) is 8.23. The van der Waals surface area contributed by atoms with Gasteiger partial charge in [0.05, 0.1) is 66.1 Å². The first-order valence-electron chi connectivity index (χ1n) is 11.9. The SMILES string of the molecule is O=C(CC[O-])OCCOCCOCCOCCOCCOCCNC(=O)OC1CCC(S)CC1.[K+]. The van der Waals surface area contributed by atoms with Crippen molar-refractivity contribution in [3.63, 3.8) is 0 Å². The Labute approximate surface area is 256 Å². The Morgan fingerprint density at radius 3 is 1.69 bits per heavy atom. The van der Waals surface area contributed by atoms with Crippen LogP contribution in [0.5, 0.6) is 0 Å². The third-order valence-corrected chi connectivity index (χ3v) is 5.23. The summed E-state index contributed by atoms with van der Waals surface area (Å²) in [7, 11) is 0. The molecule has 0 atom stereocenters. The van der Waals surface area contributed by atoms with Gasteiger partial charge in [0.1, 0.15) is 12.7 Å². The van der Waals surface area contributed by atoms with E-state index in [1.54, 1.807) is 0 Å². The van der Waals surface area contributed by atoms with E-state index in [0.717, 1.165) is 25.7 Å². The van der Waals surface area contributed by atoms with Gasteiger partial charge in [-0.1, -0.05) is 0 Å². The zero-order chi connectivity index (χ0) is 24.7. The van der Waals surface area contributed by atoms with E-state index in [1.165, 1.54) is 0 Å². The second-order valence-electron chi connectivity index (χ2n) is 7.50. The van der Waals surface area contributed by atoms with Crippen molar-refractivity contribution >= 4 is 24.7 Å². The number of amides is 1. The van der Waals surface area contributed by atoms with Crippen LogP contribution in [0.3, 0.4) is 0 Å². The van der Waals surface area contributed by atoms with Crippen LogP contribution in [0, 0.1) is 0 Å². The molecule has 0 bridgehead atoms. The van der Waals surface area contributed by atoms with Crippen LogP contribution < -0.4 is 61.8 Å². The van der Waals surface area contributed by atoms with Crippen LogP contribution in [-0.4, -0.2) is 109 Å². The molecular weight excluding hydrogens is 509 g/mol. The number of ether oxygens (including phenoxy) is 7. The van der Waals surface area contributed by atoms with Gasteiger partial charge in [0.15, 0.2) is 0 Å². The van der Waals surface area contributed by atoms with E-state index in [1.807, 2.05) is 0 Å². The Bertz CT molecular complexity index is 513. The summed E-state index contributed by atoms with van der Waals surface area (Å²) in [4.78, 5) is 22.7. The molecule has 1 aliphatic rings. The predicted octanol–water partition coefficient (Wildman–Crippen LogP) is -2.67. The standard InChI is InChI=1S/C22H40NO10S.K/c24-7-5-21(25)32-18-17-31-16-15-30-14-13-29-12-11-28-10-9-27-8-6-23-22(26)33-19-1-3-20(34)4-2-19;/h19-20,34H,1-18H2,(H,23,26);/q-1;+1. The molecule has 1 fully saturated rings. The number of thiol groups is 1. The maximum Gasteiger partial charge on any atom is 1.00 e. The molecule has 35 heavy (non-hydrogen) atoms. The summed E-state index contributed by atoms with van der Waals surface area (Å²) in [5.74, 6) is -0.503. The van der Waals surface area contributed by atoms with E-state index in [2.05, 4.69) is 17.9 Å². The van der Waals surface area contributed by atoms with Gasteiger partial charge >= 0.3 is 63.4 Å². The molecule has 0 aliphatic heterocycles. The van der Waals surface area contributed by atoms with Crippen molar-refractivity contribution < 1.29 is 99.2 Å². The van der Waals surface area contributed by atoms with Crippen molar-refractivity contribution in [3.05, 3.63) is 0 Å². The molecule has 0 aromatic heterocycles. The van der Waals surface area contributed by atoms with E-state index in [4.69, 9.17) is 33.2 Å². The molecule has 1 amide bonds. The van der Waals surface area contributed by atoms with Crippen LogP contribution in [-0.2, 0) is 38.0 Å². The predicted molar refractivity (Wildman–Crippen MR) is 124 cm³/mol.